The number of nitrogens with zero attached hydrogens (tertiary/aromatic N) is 2. The smallest absolute Gasteiger partial charge is 0.354 e. The van der Waals surface area contributed by atoms with E-state index in [1.165, 1.54) is 10.7 Å². The zero-order valence-electron chi connectivity index (χ0n) is 9.80. The molecule has 1 aromatic rings. The van der Waals surface area contributed by atoms with Crippen LogP contribution in [-0.2, 0) is 0 Å². The zero-order valence-corrected chi connectivity index (χ0v) is 9.80. The Bertz CT molecular complexity index is 461. The summed E-state index contributed by atoms with van der Waals surface area (Å²) in [6.45, 7) is 3.64. The van der Waals surface area contributed by atoms with Crippen LogP contribution in [0.1, 0.15) is 53.7 Å². The molecule has 0 aliphatic heterocycles. The fourth-order valence-corrected chi connectivity index (χ4v) is 1.55. The van der Waals surface area contributed by atoms with Crippen molar-refractivity contribution in [1.29, 1.82) is 0 Å². The standard InChI is InChI=1S/C11H15N3O3/c1-6(2)14-9(11(16)17)5-8(13-14)10(15)12-7-3-4-7/h5-7H,3-4H2,1-2H3,(H,12,15)(H,16,17). The SMILES string of the molecule is CC(C)n1nc(C(=O)NC2CC2)cc1C(=O)O. The number of aromatic carboxylic acids is 1. The first-order valence-corrected chi connectivity index (χ1v) is 5.62. The van der Waals surface area contributed by atoms with Gasteiger partial charge < -0.3 is 10.4 Å². The van der Waals surface area contributed by atoms with E-state index in [-0.39, 0.29) is 29.4 Å². The Hall–Kier alpha value is -1.85. The second-order valence-corrected chi connectivity index (χ2v) is 4.51. The summed E-state index contributed by atoms with van der Waals surface area (Å²) in [5, 5.41) is 15.8. The summed E-state index contributed by atoms with van der Waals surface area (Å²) in [4.78, 5) is 22.7. The number of nitrogens with one attached hydrogen (secondary N) is 1. The molecule has 1 aromatic heterocycles. The highest BCUT2D eigenvalue weighted by Crippen LogP contribution is 2.19. The normalized spacial score (nSPS) is 15.0. The maximum Gasteiger partial charge on any atom is 0.354 e. The third-order valence-electron chi connectivity index (χ3n) is 2.59. The van der Waals surface area contributed by atoms with Crippen molar-refractivity contribution >= 4 is 11.9 Å². The lowest BCUT2D eigenvalue weighted by atomic mass is 10.3. The van der Waals surface area contributed by atoms with Crippen LogP contribution in [0.4, 0.5) is 0 Å². The second kappa shape index (κ2) is 4.20. The maximum atomic E-state index is 11.7. The van der Waals surface area contributed by atoms with Gasteiger partial charge in [0.1, 0.15) is 5.69 Å². The van der Waals surface area contributed by atoms with Gasteiger partial charge in [-0.2, -0.15) is 5.10 Å². The van der Waals surface area contributed by atoms with Crippen molar-refractivity contribution in [2.75, 3.05) is 0 Å². The molecule has 1 amide bonds. The Morgan fingerprint density at radius 1 is 1.53 bits per heavy atom. The van der Waals surface area contributed by atoms with E-state index in [2.05, 4.69) is 10.4 Å². The molecule has 1 fully saturated rings. The summed E-state index contributed by atoms with van der Waals surface area (Å²) in [5.41, 5.74) is 0.212. The highest BCUT2D eigenvalue weighted by Gasteiger charge is 2.26. The minimum Gasteiger partial charge on any atom is -0.477 e. The summed E-state index contributed by atoms with van der Waals surface area (Å²) in [7, 11) is 0. The monoisotopic (exact) mass is 237 g/mol. The molecule has 1 saturated carbocycles. The van der Waals surface area contributed by atoms with Gasteiger partial charge >= 0.3 is 5.97 Å². The minimum atomic E-state index is -1.07. The number of amides is 1. The Balaban J connectivity index is 2.25. The van der Waals surface area contributed by atoms with Gasteiger partial charge in [0.15, 0.2) is 5.69 Å². The van der Waals surface area contributed by atoms with Crippen LogP contribution in [0.5, 0.6) is 0 Å². The summed E-state index contributed by atoms with van der Waals surface area (Å²) >= 11 is 0. The van der Waals surface area contributed by atoms with Crippen LogP contribution in [0, 0.1) is 0 Å². The van der Waals surface area contributed by atoms with Gasteiger partial charge in [-0.25, -0.2) is 4.79 Å². The van der Waals surface area contributed by atoms with E-state index in [1.807, 2.05) is 13.8 Å². The van der Waals surface area contributed by atoms with Crippen molar-refractivity contribution in [2.45, 2.75) is 38.8 Å². The Labute approximate surface area is 98.6 Å². The summed E-state index contributed by atoms with van der Waals surface area (Å²) in [5.74, 6) is -1.37. The van der Waals surface area contributed by atoms with Crippen LogP contribution in [0.2, 0.25) is 0 Å². The van der Waals surface area contributed by atoms with E-state index in [9.17, 15) is 9.59 Å². The van der Waals surface area contributed by atoms with Crippen LogP contribution < -0.4 is 5.32 Å². The first-order valence-electron chi connectivity index (χ1n) is 5.62. The van der Waals surface area contributed by atoms with Gasteiger partial charge in [-0.05, 0) is 26.7 Å². The van der Waals surface area contributed by atoms with Crippen molar-refractivity contribution in [2.24, 2.45) is 0 Å². The fraction of sp³-hybridized carbons (Fsp3) is 0.545. The zero-order chi connectivity index (χ0) is 12.6. The highest BCUT2D eigenvalue weighted by atomic mass is 16.4. The number of carbonyl (C=O) groups excluding carboxylic acids is 1. The molecule has 0 aromatic carbocycles. The maximum absolute atomic E-state index is 11.7. The van der Waals surface area contributed by atoms with E-state index in [0.29, 0.717) is 0 Å². The lowest BCUT2D eigenvalue weighted by Gasteiger charge is -2.07. The summed E-state index contributed by atoms with van der Waals surface area (Å²) in [6, 6.07) is 1.46. The first kappa shape index (κ1) is 11.6. The van der Waals surface area contributed by atoms with E-state index in [4.69, 9.17) is 5.11 Å². The number of carboxylic acid groups (broad SMARTS) is 1. The molecule has 6 nitrogen and oxygen atoms in total. The van der Waals surface area contributed by atoms with Gasteiger partial charge in [-0.1, -0.05) is 0 Å². The lowest BCUT2D eigenvalue weighted by molar-refractivity contribution is 0.0681. The van der Waals surface area contributed by atoms with Gasteiger partial charge in [-0.3, -0.25) is 9.48 Å². The summed E-state index contributed by atoms with van der Waals surface area (Å²) < 4.78 is 1.35. The lowest BCUT2D eigenvalue weighted by Crippen LogP contribution is -2.26. The van der Waals surface area contributed by atoms with Crippen LogP contribution in [0.15, 0.2) is 6.07 Å². The number of carboxylic acids is 1. The van der Waals surface area contributed by atoms with Crippen LogP contribution in [-0.4, -0.2) is 32.8 Å². The molecule has 0 atom stereocenters. The van der Waals surface area contributed by atoms with E-state index in [0.717, 1.165) is 12.8 Å². The molecule has 6 heteroatoms. The van der Waals surface area contributed by atoms with Crippen molar-refractivity contribution in [3.05, 3.63) is 17.5 Å². The molecule has 2 N–H and O–H groups in total. The molecular formula is C11H15N3O3. The molecular weight excluding hydrogens is 222 g/mol. The fourth-order valence-electron chi connectivity index (χ4n) is 1.55. The highest BCUT2D eigenvalue weighted by molar-refractivity contribution is 5.95. The molecule has 92 valence electrons. The molecule has 1 aliphatic carbocycles. The molecule has 2 rings (SSSR count). The number of aromatic nitrogens is 2. The third kappa shape index (κ3) is 2.46. The van der Waals surface area contributed by atoms with Gasteiger partial charge in [0, 0.05) is 18.2 Å². The van der Waals surface area contributed by atoms with Crippen molar-refractivity contribution < 1.29 is 14.7 Å². The molecule has 1 heterocycles. The first-order chi connectivity index (χ1) is 7.99. The van der Waals surface area contributed by atoms with Gasteiger partial charge in [0.25, 0.3) is 5.91 Å². The Kier molecular flexibility index (Phi) is 2.87. The second-order valence-electron chi connectivity index (χ2n) is 4.51. The molecule has 17 heavy (non-hydrogen) atoms. The largest absolute Gasteiger partial charge is 0.477 e. The Morgan fingerprint density at radius 2 is 2.18 bits per heavy atom. The van der Waals surface area contributed by atoms with Crippen molar-refractivity contribution in [3.63, 3.8) is 0 Å². The molecule has 0 bridgehead atoms. The predicted molar refractivity (Wildman–Crippen MR) is 60.1 cm³/mol. The molecule has 0 saturated heterocycles. The number of hydrogen-bond acceptors (Lipinski definition) is 3. The van der Waals surface area contributed by atoms with Crippen molar-refractivity contribution in [1.82, 2.24) is 15.1 Å². The third-order valence-corrected chi connectivity index (χ3v) is 2.59. The number of carbonyl (C=O) groups is 2. The number of hydrogen-bond donors (Lipinski definition) is 2. The number of rotatable bonds is 4. The summed E-state index contributed by atoms with van der Waals surface area (Å²) in [6.07, 6.45) is 1.98. The average molecular weight is 237 g/mol. The Morgan fingerprint density at radius 3 is 2.59 bits per heavy atom. The van der Waals surface area contributed by atoms with Gasteiger partial charge in [-0.15, -0.1) is 0 Å². The van der Waals surface area contributed by atoms with E-state index >= 15 is 0 Å². The van der Waals surface area contributed by atoms with Crippen molar-refractivity contribution in [3.8, 4) is 0 Å². The van der Waals surface area contributed by atoms with E-state index in [1.54, 1.807) is 0 Å². The van der Waals surface area contributed by atoms with E-state index < -0.39 is 5.97 Å². The van der Waals surface area contributed by atoms with Crippen LogP contribution in [0.3, 0.4) is 0 Å². The topological polar surface area (TPSA) is 84.2 Å². The molecule has 0 spiro atoms. The van der Waals surface area contributed by atoms with Gasteiger partial charge in [0.2, 0.25) is 0 Å². The quantitative estimate of drug-likeness (QED) is 0.819. The minimum absolute atomic E-state index is 0.0425. The van der Waals surface area contributed by atoms with Gasteiger partial charge in [0.05, 0.1) is 0 Å². The predicted octanol–water partition coefficient (Wildman–Crippen LogP) is 1.05. The van der Waals surface area contributed by atoms with Crippen LogP contribution >= 0.6 is 0 Å². The average Bonchev–Trinajstić information content (AvgIpc) is 2.93. The molecule has 0 unspecified atom stereocenters. The van der Waals surface area contributed by atoms with Crippen LogP contribution in [0.25, 0.3) is 0 Å². The molecule has 1 aliphatic rings. The molecule has 0 radical (unpaired) electrons.